The fraction of sp³-hybridized carbons (Fsp3) is 1.00. The fourth-order valence-electron chi connectivity index (χ4n) is 2.26. The number of aliphatic hydroxyl groups excluding tert-OH is 1. The van der Waals surface area contributed by atoms with Crippen molar-refractivity contribution in [3.63, 3.8) is 0 Å². The maximum atomic E-state index is 9.07. The Morgan fingerprint density at radius 2 is 1.91 bits per heavy atom. The second kappa shape index (κ2) is 2.76. The van der Waals surface area contributed by atoms with Crippen molar-refractivity contribution in [1.29, 1.82) is 0 Å². The molecule has 0 bridgehead atoms. The Kier molecular flexibility index (Phi) is 2.26. The predicted octanol–water partition coefficient (Wildman–Crippen LogP) is 1.57. The lowest BCUT2D eigenvalue weighted by molar-refractivity contribution is -0.176. The zero-order chi connectivity index (χ0) is 8.54. The largest absolute Gasteiger partial charge is 0.393 e. The number of ether oxygens (including phenoxy) is 1. The molecule has 1 saturated carbocycles. The fourth-order valence-corrected chi connectivity index (χ4v) is 2.26. The predicted molar refractivity (Wildman–Crippen MR) is 44.5 cm³/mol. The first-order chi connectivity index (χ1) is 5.04. The number of rotatable bonds is 3. The molecular weight excluding hydrogens is 140 g/mol. The quantitative estimate of drug-likeness (QED) is 0.675. The van der Waals surface area contributed by atoms with E-state index in [2.05, 4.69) is 13.8 Å². The van der Waals surface area contributed by atoms with Gasteiger partial charge in [0.15, 0.2) is 0 Å². The van der Waals surface area contributed by atoms with Crippen LogP contribution in [0.1, 0.15) is 33.6 Å². The van der Waals surface area contributed by atoms with Gasteiger partial charge < -0.3 is 9.84 Å². The standard InChI is InChI=1S/C9H18O2/c1-4-11-9(7-10)5-8(2,3)6-9/h10H,4-7H2,1-3H3. The average molecular weight is 158 g/mol. The van der Waals surface area contributed by atoms with Gasteiger partial charge in [0, 0.05) is 6.61 Å². The van der Waals surface area contributed by atoms with E-state index >= 15 is 0 Å². The van der Waals surface area contributed by atoms with Crippen molar-refractivity contribution in [2.75, 3.05) is 13.2 Å². The van der Waals surface area contributed by atoms with Crippen LogP contribution in [-0.4, -0.2) is 23.9 Å². The summed E-state index contributed by atoms with van der Waals surface area (Å²) in [6, 6.07) is 0. The Hall–Kier alpha value is -0.0800. The van der Waals surface area contributed by atoms with Crippen LogP contribution in [0.3, 0.4) is 0 Å². The van der Waals surface area contributed by atoms with Gasteiger partial charge in [-0.2, -0.15) is 0 Å². The normalized spacial score (nSPS) is 26.2. The van der Waals surface area contributed by atoms with E-state index in [1.54, 1.807) is 0 Å². The van der Waals surface area contributed by atoms with Crippen LogP contribution in [0.5, 0.6) is 0 Å². The first kappa shape index (κ1) is 9.01. The van der Waals surface area contributed by atoms with Crippen LogP contribution < -0.4 is 0 Å². The van der Waals surface area contributed by atoms with Crippen LogP contribution in [0.4, 0.5) is 0 Å². The molecule has 0 atom stereocenters. The molecule has 1 aliphatic rings. The summed E-state index contributed by atoms with van der Waals surface area (Å²) in [7, 11) is 0. The average Bonchev–Trinajstić information content (AvgIpc) is 1.84. The third-order valence-corrected chi connectivity index (χ3v) is 2.34. The lowest BCUT2D eigenvalue weighted by Gasteiger charge is -2.51. The molecule has 2 nitrogen and oxygen atoms in total. The summed E-state index contributed by atoms with van der Waals surface area (Å²) in [5.74, 6) is 0. The van der Waals surface area contributed by atoms with Crippen molar-refractivity contribution in [3.8, 4) is 0 Å². The zero-order valence-corrected chi connectivity index (χ0v) is 7.68. The lowest BCUT2D eigenvalue weighted by Crippen LogP contribution is -2.53. The molecule has 0 aromatic rings. The van der Waals surface area contributed by atoms with Crippen molar-refractivity contribution in [3.05, 3.63) is 0 Å². The highest BCUT2D eigenvalue weighted by atomic mass is 16.5. The van der Waals surface area contributed by atoms with Crippen molar-refractivity contribution in [2.24, 2.45) is 5.41 Å². The Bertz CT molecular complexity index is 132. The third-order valence-electron chi connectivity index (χ3n) is 2.34. The third kappa shape index (κ3) is 1.74. The van der Waals surface area contributed by atoms with E-state index in [-0.39, 0.29) is 12.2 Å². The molecule has 1 N–H and O–H groups in total. The molecule has 0 amide bonds. The van der Waals surface area contributed by atoms with E-state index in [9.17, 15) is 0 Å². The van der Waals surface area contributed by atoms with Crippen molar-refractivity contribution in [2.45, 2.75) is 39.2 Å². The van der Waals surface area contributed by atoms with Gasteiger partial charge in [-0.25, -0.2) is 0 Å². The summed E-state index contributed by atoms with van der Waals surface area (Å²) < 4.78 is 5.50. The summed E-state index contributed by atoms with van der Waals surface area (Å²) in [6.45, 7) is 7.27. The van der Waals surface area contributed by atoms with Crippen LogP contribution in [0.25, 0.3) is 0 Å². The van der Waals surface area contributed by atoms with Gasteiger partial charge in [0.05, 0.1) is 12.2 Å². The molecule has 1 rings (SSSR count). The van der Waals surface area contributed by atoms with Crippen molar-refractivity contribution in [1.82, 2.24) is 0 Å². The molecule has 1 aliphatic carbocycles. The molecule has 66 valence electrons. The Balaban J connectivity index is 2.43. The van der Waals surface area contributed by atoms with Gasteiger partial charge in [-0.3, -0.25) is 0 Å². The van der Waals surface area contributed by atoms with Gasteiger partial charge in [0.1, 0.15) is 0 Å². The maximum Gasteiger partial charge on any atom is 0.0922 e. The smallest absolute Gasteiger partial charge is 0.0922 e. The Morgan fingerprint density at radius 1 is 1.36 bits per heavy atom. The molecule has 1 fully saturated rings. The maximum absolute atomic E-state index is 9.07. The topological polar surface area (TPSA) is 29.5 Å². The van der Waals surface area contributed by atoms with E-state index in [1.165, 1.54) is 0 Å². The van der Waals surface area contributed by atoms with Gasteiger partial charge in [0.2, 0.25) is 0 Å². The number of aliphatic hydroxyl groups is 1. The molecular formula is C9H18O2. The van der Waals surface area contributed by atoms with Gasteiger partial charge in [-0.15, -0.1) is 0 Å². The summed E-state index contributed by atoms with van der Waals surface area (Å²) in [4.78, 5) is 0. The minimum absolute atomic E-state index is 0.171. The van der Waals surface area contributed by atoms with E-state index in [0.717, 1.165) is 12.8 Å². The van der Waals surface area contributed by atoms with E-state index in [4.69, 9.17) is 9.84 Å². The first-order valence-corrected chi connectivity index (χ1v) is 4.28. The Labute approximate surface area is 68.6 Å². The van der Waals surface area contributed by atoms with Crippen LogP contribution >= 0.6 is 0 Å². The summed E-state index contributed by atoms with van der Waals surface area (Å²) in [5, 5.41) is 9.07. The summed E-state index contributed by atoms with van der Waals surface area (Å²) in [5.41, 5.74) is 0.177. The van der Waals surface area contributed by atoms with E-state index in [0.29, 0.717) is 12.0 Å². The highest BCUT2D eigenvalue weighted by Gasteiger charge is 2.49. The van der Waals surface area contributed by atoms with Crippen LogP contribution in [-0.2, 0) is 4.74 Å². The number of hydrogen-bond acceptors (Lipinski definition) is 2. The molecule has 11 heavy (non-hydrogen) atoms. The van der Waals surface area contributed by atoms with Gasteiger partial charge >= 0.3 is 0 Å². The van der Waals surface area contributed by atoms with Crippen molar-refractivity contribution < 1.29 is 9.84 Å². The molecule has 0 unspecified atom stereocenters. The Morgan fingerprint density at radius 3 is 2.18 bits per heavy atom. The highest BCUT2D eigenvalue weighted by molar-refractivity contribution is 5.00. The van der Waals surface area contributed by atoms with Gasteiger partial charge in [-0.1, -0.05) is 13.8 Å². The molecule has 0 spiro atoms. The zero-order valence-electron chi connectivity index (χ0n) is 7.68. The molecule has 0 aliphatic heterocycles. The monoisotopic (exact) mass is 158 g/mol. The summed E-state index contributed by atoms with van der Waals surface area (Å²) in [6.07, 6.45) is 1.98. The first-order valence-electron chi connectivity index (χ1n) is 4.28. The highest BCUT2D eigenvalue weighted by Crippen LogP contribution is 2.49. The van der Waals surface area contributed by atoms with Gasteiger partial charge in [0.25, 0.3) is 0 Å². The lowest BCUT2D eigenvalue weighted by atomic mass is 9.61. The van der Waals surface area contributed by atoms with Crippen LogP contribution in [0.2, 0.25) is 0 Å². The molecule has 0 saturated heterocycles. The summed E-state index contributed by atoms with van der Waals surface area (Å²) >= 11 is 0. The second-order valence-electron chi connectivity index (χ2n) is 4.29. The SMILES string of the molecule is CCOC1(CO)CC(C)(C)C1. The molecule has 2 heteroatoms. The molecule has 0 aromatic heterocycles. The van der Waals surface area contributed by atoms with Gasteiger partial charge in [-0.05, 0) is 25.2 Å². The second-order valence-corrected chi connectivity index (χ2v) is 4.29. The van der Waals surface area contributed by atoms with Crippen LogP contribution in [0, 0.1) is 5.41 Å². The molecule has 0 aromatic carbocycles. The van der Waals surface area contributed by atoms with Crippen LogP contribution in [0.15, 0.2) is 0 Å². The minimum atomic E-state index is -0.196. The van der Waals surface area contributed by atoms with E-state index in [1.807, 2.05) is 6.92 Å². The molecule has 0 heterocycles. The minimum Gasteiger partial charge on any atom is -0.393 e. The molecule has 0 radical (unpaired) electrons. The number of hydrogen-bond donors (Lipinski definition) is 1. The van der Waals surface area contributed by atoms with E-state index < -0.39 is 0 Å². The van der Waals surface area contributed by atoms with Crippen molar-refractivity contribution >= 4 is 0 Å².